The molecule has 4 saturated carbocycles. The van der Waals surface area contributed by atoms with Crippen molar-refractivity contribution in [3.63, 3.8) is 0 Å². The molecule has 0 aromatic heterocycles. The molecule has 0 aromatic rings. The van der Waals surface area contributed by atoms with E-state index in [0.29, 0.717) is 23.0 Å². The van der Waals surface area contributed by atoms with Gasteiger partial charge in [0, 0.05) is 17.8 Å². The first kappa shape index (κ1) is 8.65. The minimum Gasteiger partial charge on any atom is -0.381 e. The molecule has 8 rings (SSSR count). The number of ether oxygens (including phenoxy) is 2. The predicted molar refractivity (Wildman–Crippen MR) is 57.1 cm³/mol. The maximum absolute atomic E-state index is 12.3. The van der Waals surface area contributed by atoms with Crippen molar-refractivity contribution in [1.82, 2.24) is 0 Å². The van der Waals surface area contributed by atoms with Crippen LogP contribution in [0.1, 0.15) is 12.8 Å². The normalized spacial score (nSPS) is 72.8. The first-order chi connectivity index (χ1) is 8.32. The average molecular weight is 232 g/mol. The van der Waals surface area contributed by atoms with Gasteiger partial charge >= 0.3 is 0 Å². The monoisotopic (exact) mass is 232 g/mol. The number of ketones is 1. The zero-order valence-electron chi connectivity index (χ0n) is 9.72. The van der Waals surface area contributed by atoms with Crippen LogP contribution in [0.15, 0.2) is 0 Å². The van der Waals surface area contributed by atoms with Crippen LogP contribution in [0.3, 0.4) is 0 Å². The molecule has 90 valence electrons. The van der Waals surface area contributed by atoms with Gasteiger partial charge < -0.3 is 9.47 Å². The Balaban J connectivity index is 1.59. The number of Topliss-reactive ketones (excluding diaryl/α,β-unsaturated/α-hetero) is 1. The Morgan fingerprint density at radius 2 is 2.18 bits per heavy atom. The number of carbonyl (C=O) groups excluding carboxylic acids is 1. The third kappa shape index (κ3) is 0.532. The van der Waals surface area contributed by atoms with E-state index in [1.807, 2.05) is 0 Å². The standard InChI is InChI=1S/C14H16O3/c15-9-2-1-7-10-11-6-3-17-14(7,9)12(10)13(11)5-16-4-8(6)13/h6-8,10-12H,1-5H2/t6-,7+,8-,10-,11?,12?,13?,14+/m1/s1. The molecule has 3 unspecified atom stereocenters. The number of hydrogen-bond acceptors (Lipinski definition) is 3. The van der Waals surface area contributed by atoms with Crippen molar-refractivity contribution in [2.24, 2.45) is 40.9 Å². The lowest BCUT2D eigenvalue weighted by molar-refractivity contribution is -0.356. The first-order valence-electron chi connectivity index (χ1n) is 7.07. The topological polar surface area (TPSA) is 35.5 Å². The van der Waals surface area contributed by atoms with E-state index in [1.54, 1.807) is 0 Å². The van der Waals surface area contributed by atoms with Gasteiger partial charge in [-0.15, -0.1) is 0 Å². The van der Waals surface area contributed by atoms with Crippen molar-refractivity contribution >= 4 is 5.78 Å². The highest BCUT2D eigenvalue weighted by Gasteiger charge is 2.92. The minimum atomic E-state index is -0.321. The average Bonchev–Trinajstić information content (AvgIpc) is 2.62. The summed E-state index contributed by atoms with van der Waals surface area (Å²) in [4.78, 5) is 12.3. The molecule has 4 aliphatic heterocycles. The molecular formula is C14H16O3. The van der Waals surface area contributed by atoms with E-state index in [4.69, 9.17) is 9.47 Å². The molecule has 6 bridgehead atoms. The van der Waals surface area contributed by atoms with Crippen LogP contribution in [0.25, 0.3) is 0 Å². The Kier molecular flexibility index (Phi) is 1.08. The Bertz CT molecular complexity index is 474. The molecule has 3 nitrogen and oxygen atoms in total. The highest BCUT2D eigenvalue weighted by atomic mass is 16.5. The molecule has 8 fully saturated rings. The predicted octanol–water partition coefficient (Wildman–Crippen LogP) is 0.873. The Morgan fingerprint density at radius 1 is 1.24 bits per heavy atom. The minimum absolute atomic E-state index is 0.321. The van der Waals surface area contributed by atoms with Crippen LogP contribution < -0.4 is 0 Å². The number of hydrogen-bond donors (Lipinski definition) is 0. The molecule has 8 aliphatic rings. The summed E-state index contributed by atoms with van der Waals surface area (Å²) < 4.78 is 12.0. The van der Waals surface area contributed by atoms with Gasteiger partial charge in [-0.05, 0) is 36.0 Å². The fourth-order valence-electron chi connectivity index (χ4n) is 7.21. The second kappa shape index (κ2) is 2.12. The van der Waals surface area contributed by atoms with Gasteiger partial charge in [-0.3, -0.25) is 4.79 Å². The molecule has 0 aromatic carbocycles. The van der Waals surface area contributed by atoms with Crippen LogP contribution in [0, 0.1) is 40.9 Å². The highest BCUT2D eigenvalue weighted by Crippen LogP contribution is 2.88. The quantitative estimate of drug-likeness (QED) is 0.622. The van der Waals surface area contributed by atoms with Gasteiger partial charge in [-0.1, -0.05) is 0 Å². The van der Waals surface area contributed by atoms with Crippen LogP contribution in [0.4, 0.5) is 0 Å². The summed E-state index contributed by atoms with van der Waals surface area (Å²) in [5, 5.41) is 0. The molecule has 0 radical (unpaired) electrons. The third-order valence-corrected chi connectivity index (χ3v) is 7.43. The van der Waals surface area contributed by atoms with Crippen molar-refractivity contribution in [1.29, 1.82) is 0 Å². The largest absolute Gasteiger partial charge is 0.381 e. The van der Waals surface area contributed by atoms with Crippen LogP contribution in [-0.4, -0.2) is 31.2 Å². The lowest BCUT2D eigenvalue weighted by Gasteiger charge is -2.80. The van der Waals surface area contributed by atoms with Gasteiger partial charge in [0.2, 0.25) is 0 Å². The van der Waals surface area contributed by atoms with E-state index in [-0.39, 0.29) is 5.60 Å². The molecule has 4 saturated heterocycles. The molecule has 2 spiro atoms. The van der Waals surface area contributed by atoms with Gasteiger partial charge in [0.25, 0.3) is 0 Å². The Hall–Kier alpha value is -0.410. The van der Waals surface area contributed by atoms with Gasteiger partial charge in [0.15, 0.2) is 5.78 Å². The summed E-state index contributed by atoms with van der Waals surface area (Å²) in [6.07, 6.45) is 1.88. The molecule has 8 atom stereocenters. The van der Waals surface area contributed by atoms with Crippen LogP contribution in [0.5, 0.6) is 0 Å². The summed E-state index contributed by atoms with van der Waals surface area (Å²) in [5.41, 5.74) is 0.0701. The smallest absolute Gasteiger partial charge is 0.165 e. The molecule has 4 heterocycles. The number of carbonyl (C=O) groups is 1. The van der Waals surface area contributed by atoms with E-state index < -0.39 is 0 Å². The summed E-state index contributed by atoms with van der Waals surface area (Å²) in [5.74, 6) is 4.68. The highest BCUT2D eigenvalue weighted by molar-refractivity contribution is 5.93. The van der Waals surface area contributed by atoms with Gasteiger partial charge in [-0.2, -0.15) is 0 Å². The molecule has 4 aliphatic carbocycles. The van der Waals surface area contributed by atoms with Crippen molar-refractivity contribution in [3.8, 4) is 0 Å². The van der Waals surface area contributed by atoms with Crippen molar-refractivity contribution in [3.05, 3.63) is 0 Å². The summed E-state index contributed by atoms with van der Waals surface area (Å²) in [7, 11) is 0. The first-order valence-corrected chi connectivity index (χ1v) is 7.07. The van der Waals surface area contributed by atoms with Crippen LogP contribution in [0.2, 0.25) is 0 Å². The molecule has 3 heteroatoms. The zero-order valence-corrected chi connectivity index (χ0v) is 9.72. The Labute approximate surface area is 99.8 Å². The molecule has 0 amide bonds. The fourth-order valence-corrected chi connectivity index (χ4v) is 7.21. The molecule has 17 heavy (non-hydrogen) atoms. The van der Waals surface area contributed by atoms with E-state index in [9.17, 15) is 4.79 Å². The summed E-state index contributed by atoms with van der Waals surface area (Å²) >= 11 is 0. The maximum atomic E-state index is 12.3. The Morgan fingerprint density at radius 3 is 3.12 bits per heavy atom. The zero-order chi connectivity index (χ0) is 11.0. The fraction of sp³-hybridized carbons (Fsp3) is 0.929. The van der Waals surface area contributed by atoms with Gasteiger partial charge in [-0.25, -0.2) is 0 Å². The van der Waals surface area contributed by atoms with Crippen LogP contribution >= 0.6 is 0 Å². The van der Waals surface area contributed by atoms with E-state index in [0.717, 1.165) is 56.3 Å². The van der Waals surface area contributed by atoms with Crippen molar-refractivity contribution in [2.45, 2.75) is 18.4 Å². The van der Waals surface area contributed by atoms with Crippen molar-refractivity contribution in [2.75, 3.05) is 19.8 Å². The van der Waals surface area contributed by atoms with Crippen molar-refractivity contribution < 1.29 is 14.3 Å². The SMILES string of the molecule is O=C1CC[C@H]2[C@@H]3C4[C@@H]5CO[C@]12C3C41COC[C@H]51. The summed E-state index contributed by atoms with van der Waals surface area (Å²) in [6, 6.07) is 0. The van der Waals surface area contributed by atoms with Gasteiger partial charge in [0.1, 0.15) is 5.60 Å². The summed E-state index contributed by atoms with van der Waals surface area (Å²) in [6.45, 7) is 2.70. The van der Waals surface area contributed by atoms with E-state index in [2.05, 4.69) is 0 Å². The second-order valence-electron chi connectivity index (χ2n) is 7.15. The van der Waals surface area contributed by atoms with Crippen LogP contribution in [-0.2, 0) is 14.3 Å². The lowest BCUT2D eigenvalue weighted by atomic mass is 9.21. The lowest BCUT2D eigenvalue weighted by Crippen LogP contribution is -2.85. The number of rotatable bonds is 0. The molecular weight excluding hydrogens is 216 g/mol. The molecule has 0 N–H and O–H groups in total. The third-order valence-electron chi connectivity index (χ3n) is 7.43. The maximum Gasteiger partial charge on any atom is 0.165 e. The van der Waals surface area contributed by atoms with Gasteiger partial charge in [0.05, 0.1) is 19.8 Å². The van der Waals surface area contributed by atoms with E-state index >= 15 is 0 Å². The van der Waals surface area contributed by atoms with E-state index in [1.165, 1.54) is 0 Å². The second-order valence-corrected chi connectivity index (χ2v) is 7.15.